The molecule has 0 aliphatic carbocycles. The summed E-state index contributed by atoms with van der Waals surface area (Å²) in [6, 6.07) is 5.27. The van der Waals surface area contributed by atoms with E-state index in [4.69, 9.17) is 0 Å². The zero-order chi connectivity index (χ0) is 14.7. The first-order valence-corrected chi connectivity index (χ1v) is 6.84. The summed E-state index contributed by atoms with van der Waals surface area (Å²) >= 11 is 0. The molecule has 4 heteroatoms. The number of carboxylic acid groups (broad SMARTS) is 1. The summed E-state index contributed by atoms with van der Waals surface area (Å²) in [7, 11) is 0. The molecule has 0 aromatic heterocycles. The summed E-state index contributed by atoms with van der Waals surface area (Å²) < 4.78 is 0. The number of fused-ring (bicyclic) bond motifs is 1. The second kappa shape index (κ2) is 5.90. The molecule has 20 heavy (non-hydrogen) atoms. The highest BCUT2D eigenvalue weighted by atomic mass is 16.4. The van der Waals surface area contributed by atoms with Gasteiger partial charge in [0.15, 0.2) is 0 Å². The average molecular weight is 273 g/mol. The molecular weight excluding hydrogens is 254 g/mol. The zero-order valence-corrected chi connectivity index (χ0v) is 11.8. The van der Waals surface area contributed by atoms with Gasteiger partial charge in [0, 0.05) is 18.7 Å². The van der Waals surface area contributed by atoms with Gasteiger partial charge in [-0.2, -0.15) is 0 Å². The summed E-state index contributed by atoms with van der Waals surface area (Å²) in [4.78, 5) is 25.2. The molecule has 1 aromatic carbocycles. The van der Waals surface area contributed by atoms with Crippen molar-refractivity contribution in [3.8, 4) is 0 Å². The van der Waals surface area contributed by atoms with E-state index >= 15 is 0 Å². The third-order valence-corrected chi connectivity index (χ3v) is 3.63. The molecular formula is C16H19NO3. The smallest absolute Gasteiger partial charge is 0.335 e. The molecule has 106 valence electrons. The minimum absolute atomic E-state index is 0.0400. The molecule has 0 radical (unpaired) electrons. The lowest BCUT2D eigenvalue weighted by atomic mass is 9.94. The Morgan fingerprint density at radius 2 is 2.15 bits per heavy atom. The Balaban J connectivity index is 2.24. The molecule has 0 atom stereocenters. The Morgan fingerprint density at radius 1 is 1.40 bits per heavy atom. The number of rotatable bonds is 3. The van der Waals surface area contributed by atoms with Crippen molar-refractivity contribution in [3.05, 3.63) is 46.5 Å². The van der Waals surface area contributed by atoms with Crippen LogP contribution in [0.1, 0.15) is 41.8 Å². The molecule has 1 aromatic rings. The number of carboxylic acids is 1. The summed E-state index contributed by atoms with van der Waals surface area (Å²) in [5.41, 5.74) is 2.91. The van der Waals surface area contributed by atoms with Crippen LogP contribution < -0.4 is 0 Å². The molecule has 0 spiro atoms. The van der Waals surface area contributed by atoms with Gasteiger partial charge in [0.25, 0.3) is 0 Å². The van der Waals surface area contributed by atoms with Crippen LogP contribution in [-0.2, 0) is 17.8 Å². The van der Waals surface area contributed by atoms with Gasteiger partial charge in [0.2, 0.25) is 5.91 Å². The van der Waals surface area contributed by atoms with Crippen LogP contribution in [0.4, 0.5) is 0 Å². The predicted octanol–water partition coefficient (Wildman–Crippen LogP) is 2.63. The lowest BCUT2D eigenvalue weighted by Gasteiger charge is -2.30. The van der Waals surface area contributed by atoms with E-state index in [0.29, 0.717) is 25.1 Å². The minimum atomic E-state index is -0.899. The molecule has 0 saturated carbocycles. The minimum Gasteiger partial charge on any atom is -0.478 e. The third kappa shape index (κ3) is 2.74. The van der Waals surface area contributed by atoms with Gasteiger partial charge in [-0.3, -0.25) is 4.79 Å². The molecule has 2 rings (SSSR count). The second-order valence-electron chi connectivity index (χ2n) is 5.02. The molecule has 0 unspecified atom stereocenters. The van der Waals surface area contributed by atoms with Gasteiger partial charge in [-0.05, 0) is 37.0 Å². The number of hydrogen-bond donors (Lipinski definition) is 1. The summed E-state index contributed by atoms with van der Waals surface area (Å²) in [6.45, 7) is 4.89. The lowest BCUT2D eigenvalue weighted by Crippen LogP contribution is -2.37. The van der Waals surface area contributed by atoms with E-state index in [9.17, 15) is 14.7 Å². The van der Waals surface area contributed by atoms with Gasteiger partial charge in [-0.15, -0.1) is 0 Å². The van der Waals surface area contributed by atoms with E-state index in [0.717, 1.165) is 23.1 Å². The van der Waals surface area contributed by atoms with Crippen molar-refractivity contribution in [3.63, 3.8) is 0 Å². The van der Waals surface area contributed by atoms with Crippen molar-refractivity contribution in [2.45, 2.75) is 33.2 Å². The van der Waals surface area contributed by atoms with Crippen molar-refractivity contribution < 1.29 is 14.7 Å². The van der Waals surface area contributed by atoms with E-state index in [-0.39, 0.29) is 5.91 Å². The van der Waals surface area contributed by atoms with Gasteiger partial charge in [-0.1, -0.05) is 25.1 Å². The molecule has 1 amide bonds. The fourth-order valence-corrected chi connectivity index (χ4v) is 2.63. The van der Waals surface area contributed by atoms with Gasteiger partial charge < -0.3 is 10.0 Å². The van der Waals surface area contributed by atoms with E-state index in [1.165, 1.54) is 0 Å². The molecule has 1 aliphatic rings. The van der Waals surface area contributed by atoms with Crippen LogP contribution in [0.3, 0.4) is 0 Å². The van der Waals surface area contributed by atoms with Gasteiger partial charge >= 0.3 is 5.97 Å². The molecule has 4 nitrogen and oxygen atoms in total. The zero-order valence-electron chi connectivity index (χ0n) is 11.8. The second-order valence-corrected chi connectivity index (χ2v) is 5.02. The third-order valence-electron chi connectivity index (χ3n) is 3.63. The number of benzene rings is 1. The summed E-state index contributed by atoms with van der Waals surface area (Å²) in [5.74, 6) is -0.859. The van der Waals surface area contributed by atoms with E-state index in [1.54, 1.807) is 17.0 Å². The first-order valence-electron chi connectivity index (χ1n) is 6.84. The SMILES string of the molecule is CC/C=C(/C)C(=O)N1CCc2c(cccc2C(=O)O)C1. The maximum atomic E-state index is 12.3. The van der Waals surface area contributed by atoms with Crippen molar-refractivity contribution in [2.24, 2.45) is 0 Å². The first-order chi connectivity index (χ1) is 9.54. The van der Waals surface area contributed by atoms with E-state index in [1.807, 2.05) is 26.0 Å². The fraction of sp³-hybridized carbons (Fsp3) is 0.375. The van der Waals surface area contributed by atoms with E-state index < -0.39 is 5.97 Å². The van der Waals surface area contributed by atoms with Crippen LogP contribution in [0.25, 0.3) is 0 Å². The average Bonchev–Trinajstić information content (AvgIpc) is 2.45. The van der Waals surface area contributed by atoms with Crippen molar-refractivity contribution >= 4 is 11.9 Å². The topological polar surface area (TPSA) is 57.6 Å². The number of carbonyl (C=O) groups excluding carboxylic acids is 1. The van der Waals surface area contributed by atoms with Crippen molar-refractivity contribution in [1.82, 2.24) is 4.90 Å². The number of aromatic carboxylic acids is 1. The predicted molar refractivity (Wildman–Crippen MR) is 76.6 cm³/mol. The number of hydrogen-bond acceptors (Lipinski definition) is 2. The highest BCUT2D eigenvalue weighted by molar-refractivity contribution is 5.93. The molecule has 0 fully saturated rings. The van der Waals surface area contributed by atoms with E-state index in [2.05, 4.69) is 0 Å². The Labute approximate surface area is 118 Å². The fourth-order valence-electron chi connectivity index (χ4n) is 2.63. The van der Waals surface area contributed by atoms with Gasteiger partial charge in [0.05, 0.1) is 5.56 Å². The Kier molecular flexibility index (Phi) is 4.23. The standard InChI is InChI=1S/C16H19NO3/c1-3-5-11(2)15(18)17-9-8-13-12(10-17)6-4-7-14(13)16(19)20/h4-7H,3,8-10H2,1-2H3,(H,19,20)/b11-5-. The highest BCUT2D eigenvalue weighted by Gasteiger charge is 2.24. The number of allylic oxidation sites excluding steroid dienone is 1. The van der Waals surface area contributed by atoms with Crippen LogP contribution in [-0.4, -0.2) is 28.4 Å². The maximum absolute atomic E-state index is 12.3. The van der Waals surface area contributed by atoms with Gasteiger partial charge in [0.1, 0.15) is 0 Å². The van der Waals surface area contributed by atoms with Crippen LogP contribution in [0.2, 0.25) is 0 Å². The molecule has 0 bridgehead atoms. The maximum Gasteiger partial charge on any atom is 0.335 e. The Bertz CT molecular complexity index is 575. The first kappa shape index (κ1) is 14.3. The van der Waals surface area contributed by atoms with Crippen molar-refractivity contribution in [2.75, 3.05) is 6.54 Å². The van der Waals surface area contributed by atoms with Crippen LogP contribution in [0.15, 0.2) is 29.8 Å². The van der Waals surface area contributed by atoms with Crippen LogP contribution >= 0.6 is 0 Å². The Hall–Kier alpha value is -2.10. The number of carbonyl (C=O) groups is 2. The monoisotopic (exact) mass is 273 g/mol. The normalized spacial score (nSPS) is 14.9. The van der Waals surface area contributed by atoms with Crippen LogP contribution in [0, 0.1) is 0 Å². The van der Waals surface area contributed by atoms with Crippen molar-refractivity contribution in [1.29, 1.82) is 0 Å². The largest absolute Gasteiger partial charge is 0.478 e. The molecule has 1 aliphatic heterocycles. The number of nitrogens with zero attached hydrogens (tertiary/aromatic N) is 1. The number of amides is 1. The Morgan fingerprint density at radius 3 is 2.80 bits per heavy atom. The summed E-state index contributed by atoms with van der Waals surface area (Å²) in [5, 5.41) is 9.18. The van der Waals surface area contributed by atoms with Gasteiger partial charge in [-0.25, -0.2) is 4.79 Å². The van der Waals surface area contributed by atoms with Crippen LogP contribution in [0.5, 0.6) is 0 Å². The quantitative estimate of drug-likeness (QED) is 0.861. The lowest BCUT2D eigenvalue weighted by molar-refractivity contribution is -0.128. The molecule has 1 heterocycles. The summed E-state index contributed by atoms with van der Waals surface area (Å²) in [6.07, 6.45) is 3.36. The highest BCUT2D eigenvalue weighted by Crippen LogP contribution is 2.23. The molecule has 1 N–H and O–H groups in total. The molecule has 0 saturated heterocycles.